The molecule has 0 saturated heterocycles. The van der Waals surface area contributed by atoms with Gasteiger partial charge in [-0.25, -0.2) is 13.8 Å². The van der Waals surface area contributed by atoms with Gasteiger partial charge in [0, 0.05) is 5.02 Å². The van der Waals surface area contributed by atoms with E-state index in [1.54, 1.807) is 54.6 Å². The zero-order valence-corrected chi connectivity index (χ0v) is 16.1. The van der Waals surface area contributed by atoms with Crippen molar-refractivity contribution >= 4 is 34.7 Å². The van der Waals surface area contributed by atoms with Crippen LogP contribution in [0.5, 0.6) is 0 Å². The third-order valence-electron chi connectivity index (χ3n) is 4.65. The van der Waals surface area contributed by atoms with Gasteiger partial charge < -0.3 is 0 Å². The van der Waals surface area contributed by atoms with Gasteiger partial charge in [-0.1, -0.05) is 41.9 Å². The summed E-state index contributed by atoms with van der Waals surface area (Å²) in [5.41, 5.74) is 2.08. The number of rotatable bonds is 3. The van der Waals surface area contributed by atoms with E-state index in [2.05, 4.69) is 4.98 Å². The van der Waals surface area contributed by atoms with Crippen molar-refractivity contribution in [2.24, 2.45) is 0 Å². The highest BCUT2D eigenvalue weighted by atomic mass is 35.5. The van der Waals surface area contributed by atoms with Crippen LogP contribution in [0.4, 0.5) is 8.78 Å². The van der Waals surface area contributed by atoms with E-state index in [0.717, 1.165) is 17.7 Å². The molecule has 3 aromatic carbocycles. The summed E-state index contributed by atoms with van der Waals surface area (Å²) < 4.78 is 28.2. The van der Waals surface area contributed by atoms with E-state index >= 15 is 0 Å². The Morgan fingerprint density at radius 1 is 0.966 bits per heavy atom. The minimum atomic E-state index is -0.943. The first-order valence-electron chi connectivity index (χ1n) is 8.86. The molecule has 29 heavy (non-hydrogen) atoms. The predicted octanol–water partition coefficient (Wildman–Crippen LogP) is 5.80. The van der Waals surface area contributed by atoms with Crippen LogP contribution in [0.2, 0.25) is 5.02 Å². The second-order valence-electron chi connectivity index (χ2n) is 6.52. The first-order valence-corrected chi connectivity index (χ1v) is 9.24. The molecule has 0 aliphatic rings. The first-order chi connectivity index (χ1) is 14.0. The van der Waals surface area contributed by atoms with Crippen LogP contribution in [0, 0.1) is 18.6 Å². The van der Waals surface area contributed by atoms with Crippen LogP contribution in [0.1, 0.15) is 17.0 Å². The van der Waals surface area contributed by atoms with Crippen molar-refractivity contribution in [3.8, 4) is 5.69 Å². The fraction of sp³-hybridized carbons (Fsp3) is 0.0435. The number of benzene rings is 3. The molecule has 4 rings (SSSR count). The second-order valence-corrected chi connectivity index (χ2v) is 6.93. The summed E-state index contributed by atoms with van der Waals surface area (Å²) in [7, 11) is 0. The van der Waals surface area contributed by atoms with Crippen LogP contribution in [-0.2, 0) is 0 Å². The van der Waals surface area contributed by atoms with Crippen LogP contribution in [0.3, 0.4) is 0 Å². The molecule has 4 aromatic rings. The number of fused-ring (bicyclic) bond motifs is 1. The zero-order valence-electron chi connectivity index (χ0n) is 15.4. The molecule has 1 heterocycles. The lowest BCUT2D eigenvalue weighted by atomic mass is 10.1. The van der Waals surface area contributed by atoms with E-state index in [1.165, 1.54) is 10.6 Å². The van der Waals surface area contributed by atoms with Gasteiger partial charge in [0.25, 0.3) is 5.56 Å². The minimum absolute atomic E-state index is 0.245. The van der Waals surface area contributed by atoms with E-state index in [0.29, 0.717) is 33.0 Å². The monoisotopic (exact) mass is 408 g/mol. The Morgan fingerprint density at radius 3 is 2.55 bits per heavy atom. The van der Waals surface area contributed by atoms with Gasteiger partial charge in [-0.05, 0) is 60.5 Å². The minimum Gasteiger partial charge on any atom is -0.268 e. The molecule has 0 unspecified atom stereocenters. The summed E-state index contributed by atoms with van der Waals surface area (Å²) in [4.78, 5) is 17.9. The number of para-hydroxylation sites is 1. The molecular weight excluding hydrogens is 394 g/mol. The zero-order chi connectivity index (χ0) is 20.5. The standard InChI is InChI=1S/C23H15ClF2N2O/c1-14-17(24)6-4-8-21(14)28-22(12-10-15-9-11-18(25)19(26)13-15)27-20-7-3-2-5-16(20)23(28)29/h2-13H,1H3/b12-10-. The van der Waals surface area contributed by atoms with Gasteiger partial charge in [0.1, 0.15) is 5.82 Å². The SMILES string of the molecule is Cc1c(Cl)cccc1-n1c(/C=C\c2ccc(F)c(F)c2)nc2ccccc2c1=O. The molecular formula is C23H15ClF2N2O. The van der Waals surface area contributed by atoms with Crippen LogP contribution >= 0.6 is 11.6 Å². The van der Waals surface area contributed by atoms with Crippen LogP contribution in [0.15, 0.2) is 65.5 Å². The molecule has 0 aliphatic heterocycles. The van der Waals surface area contributed by atoms with Crippen molar-refractivity contribution in [3.05, 3.63) is 105 Å². The Bertz CT molecular complexity index is 1330. The van der Waals surface area contributed by atoms with Gasteiger partial charge in [0.05, 0.1) is 16.6 Å². The molecule has 0 atom stereocenters. The molecule has 0 bridgehead atoms. The molecule has 0 amide bonds. The quantitative estimate of drug-likeness (QED) is 0.429. The highest BCUT2D eigenvalue weighted by Crippen LogP contribution is 2.23. The summed E-state index contributed by atoms with van der Waals surface area (Å²) in [6, 6.07) is 15.9. The molecule has 144 valence electrons. The highest BCUT2D eigenvalue weighted by Gasteiger charge is 2.14. The molecule has 0 saturated carbocycles. The second kappa shape index (κ2) is 7.60. The van der Waals surface area contributed by atoms with Gasteiger partial charge >= 0.3 is 0 Å². The molecule has 0 aliphatic carbocycles. The fourth-order valence-electron chi connectivity index (χ4n) is 3.12. The molecule has 0 spiro atoms. The molecule has 3 nitrogen and oxygen atoms in total. The van der Waals surface area contributed by atoms with Crippen LogP contribution < -0.4 is 5.56 Å². The lowest BCUT2D eigenvalue weighted by molar-refractivity contribution is 0.508. The van der Waals surface area contributed by atoms with Crippen molar-refractivity contribution in [1.29, 1.82) is 0 Å². The van der Waals surface area contributed by atoms with Crippen molar-refractivity contribution < 1.29 is 8.78 Å². The average molecular weight is 409 g/mol. The number of hydrogen-bond acceptors (Lipinski definition) is 2. The van der Waals surface area contributed by atoms with Crippen LogP contribution in [-0.4, -0.2) is 9.55 Å². The van der Waals surface area contributed by atoms with Gasteiger partial charge in [-0.15, -0.1) is 0 Å². The average Bonchev–Trinajstić information content (AvgIpc) is 2.72. The summed E-state index contributed by atoms with van der Waals surface area (Å²) in [6.45, 7) is 1.82. The third-order valence-corrected chi connectivity index (χ3v) is 5.06. The summed E-state index contributed by atoms with van der Waals surface area (Å²) in [6.07, 6.45) is 3.18. The van der Waals surface area contributed by atoms with E-state index in [4.69, 9.17) is 11.6 Å². The van der Waals surface area contributed by atoms with Gasteiger partial charge in [0.2, 0.25) is 0 Å². The van der Waals surface area contributed by atoms with Crippen molar-refractivity contribution in [3.63, 3.8) is 0 Å². The number of hydrogen-bond donors (Lipinski definition) is 0. The maximum atomic E-state index is 13.5. The van der Waals surface area contributed by atoms with E-state index < -0.39 is 11.6 Å². The van der Waals surface area contributed by atoms with Crippen molar-refractivity contribution in [2.75, 3.05) is 0 Å². The Hall–Kier alpha value is -3.31. The summed E-state index contributed by atoms with van der Waals surface area (Å²) in [5.74, 6) is -1.51. The number of nitrogens with zero attached hydrogens (tertiary/aromatic N) is 2. The summed E-state index contributed by atoms with van der Waals surface area (Å²) in [5, 5.41) is 0.995. The Balaban J connectivity index is 1.97. The van der Waals surface area contributed by atoms with E-state index in [9.17, 15) is 13.6 Å². The largest absolute Gasteiger partial charge is 0.268 e. The molecule has 0 fully saturated rings. The fourth-order valence-corrected chi connectivity index (χ4v) is 3.29. The molecule has 1 aromatic heterocycles. The third kappa shape index (κ3) is 3.57. The van der Waals surface area contributed by atoms with Gasteiger partial charge in [0.15, 0.2) is 11.6 Å². The van der Waals surface area contributed by atoms with Gasteiger partial charge in [-0.3, -0.25) is 9.36 Å². The topological polar surface area (TPSA) is 34.9 Å². The van der Waals surface area contributed by atoms with Crippen molar-refractivity contribution in [1.82, 2.24) is 9.55 Å². The molecule has 0 N–H and O–H groups in total. The maximum absolute atomic E-state index is 13.5. The van der Waals surface area contributed by atoms with Crippen LogP contribution in [0.25, 0.3) is 28.7 Å². The van der Waals surface area contributed by atoms with Crippen molar-refractivity contribution in [2.45, 2.75) is 6.92 Å². The van der Waals surface area contributed by atoms with E-state index in [-0.39, 0.29) is 5.56 Å². The maximum Gasteiger partial charge on any atom is 0.266 e. The highest BCUT2D eigenvalue weighted by molar-refractivity contribution is 6.31. The number of halogens is 3. The Labute approximate surface area is 170 Å². The van der Waals surface area contributed by atoms with Gasteiger partial charge in [-0.2, -0.15) is 0 Å². The smallest absolute Gasteiger partial charge is 0.266 e. The predicted molar refractivity (Wildman–Crippen MR) is 112 cm³/mol. The Kier molecular flexibility index (Phi) is 4.99. The molecule has 0 radical (unpaired) electrons. The normalized spacial score (nSPS) is 11.4. The Morgan fingerprint density at radius 2 is 1.76 bits per heavy atom. The summed E-state index contributed by atoms with van der Waals surface area (Å²) >= 11 is 6.26. The lowest BCUT2D eigenvalue weighted by Gasteiger charge is -2.14. The molecule has 6 heteroatoms. The van der Waals surface area contributed by atoms with E-state index in [1.807, 2.05) is 6.92 Å². The number of aromatic nitrogens is 2. The lowest BCUT2D eigenvalue weighted by Crippen LogP contribution is -2.23. The first kappa shape index (κ1) is 19.0.